The monoisotopic (exact) mass is 312 g/mol. The first kappa shape index (κ1) is 15.3. The van der Waals surface area contributed by atoms with Crippen LogP contribution in [0.1, 0.15) is 23.8 Å². The smallest absolute Gasteiger partial charge is 0.271 e. The van der Waals surface area contributed by atoms with Crippen LogP contribution in [0.25, 0.3) is 11.3 Å². The molecule has 1 aliphatic heterocycles. The van der Waals surface area contributed by atoms with E-state index in [0.29, 0.717) is 38.3 Å². The molecule has 23 heavy (non-hydrogen) atoms. The number of rotatable bonds is 3. The number of H-pyrrole nitrogens is 1. The Labute approximate surface area is 135 Å². The van der Waals surface area contributed by atoms with Gasteiger partial charge in [-0.05, 0) is 13.0 Å². The summed E-state index contributed by atoms with van der Waals surface area (Å²) >= 11 is 0. The van der Waals surface area contributed by atoms with Crippen LogP contribution in [0.2, 0.25) is 0 Å². The molecule has 1 N–H and O–H groups in total. The van der Waals surface area contributed by atoms with E-state index in [0.717, 1.165) is 11.3 Å². The number of likely N-dealkylation sites (N-methyl/N-ethyl adjacent to an activating group) is 1. The molecule has 1 fully saturated rings. The molecule has 0 aliphatic carbocycles. The average molecular weight is 312 g/mol. The van der Waals surface area contributed by atoms with Gasteiger partial charge < -0.3 is 9.80 Å². The first-order valence-electron chi connectivity index (χ1n) is 7.87. The summed E-state index contributed by atoms with van der Waals surface area (Å²) in [5.41, 5.74) is 2.17. The van der Waals surface area contributed by atoms with E-state index in [1.165, 1.54) is 0 Å². The van der Waals surface area contributed by atoms with Gasteiger partial charge >= 0.3 is 0 Å². The van der Waals surface area contributed by atoms with Gasteiger partial charge in [-0.3, -0.25) is 14.7 Å². The second-order valence-corrected chi connectivity index (χ2v) is 5.55. The molecule has 6 nitrogen and oxygen atoms in total. The number of aromatic amines is 1. The third kappa shape index (κ3) is 3.26. The highest BCUT2D eigenvalue weighted by Gasteiger charge is 2.24. The molecule has 1 aliphatic rings. The lowest BCUT2D eigenvalue weighted by Crippen LogP contribution is -2.35. The number of amides is 2. The number of hydrogen-bond donors (Lipinski definition) is 1. The van der Waals surface area contributed by atoms with Crippen LogP contribution in [-0.4, -0.2) is 58.0 Å². The van der Waals surface area contributed by atoms with Gasteiger partial charge in [0.2, 0.25) is 5.91 Å². The van der Waals surface area contributed by atoms with Crippen molar-refractivity contribution in [3.63, 3.8) is 0 Å². The zero-order chi connectivity index (χ0) is 16.2. The molecule has 0 bridgehead atoms. The number of carbonyl (C=O) groups is 2. The SMILES string of the molecule is CCN1CCN(C(=O)c2cc(-c3ccccc3)n[nH]2)CCC1=O. The third-order valence-electron chi connectivity index (χ3n) is 4.13. The summed E-state index contributed by atoms with van der Waals surface area (Å²) in [5, 5.41) is 7.04. The van der Waals surface area contributed by atoms with Crippen molar-refractivity contribution in [1.29, 1.82) is 0 Å². The minimum absolute atomic E-state index is 0.106. The summed E-state index contributed by atoms with van der Waals surface area (Å²) < 4.78 is 0. The highest BCUT2D eigenvalue weighted by Crippen LogP contribution is 2.18. The van der Waals surface area contributed by atoms with Crippen molar-refractivity contribution in [3.05, 3.63) is 42.1 Å². The Morgan fingerprint density at radius 2 is 2.00 bits per heavy atom. The topological polar surface area (TPSA) is 69.3 Å². The van der Waals surface area contributed by atoms with Crippen molar-refractivity contribution in [3.8, 4) is 11.3 Å². The van der Waals surface area contributed by atoms with E-state index in [-0.39, 0.29) is 11.8 Å². The zero-order valence-electron chi connectivity index (χ0n) is 13.2. The zero-order valence-corrected chi connectivity index (χ0v) is 13.2. The molecule has 0 saturated carbocycles. The highest BCUT2D eigenvalue weighted by atomic mass is 16.2. The maximum atomic E-state index is 12.6. The van der Waals surface area contributed by atoms with E-state index in [9.17, 15) is 9.59 Å². The Balaban J connectivity index is 1.74. The third-order valence-corrected chi connectivity index (χ3v) is 4.13. The van der Waals surface area contributed by atoms with Gasteiger partial charge in [-0.1, -0.05) is 30.3 Å². The van der Waals surface area contributed by atoms with Gasteiger partial charge in [-0.25, -0.2) is 0 Å². The molecule has 0 spiro atoms. The first-order valence-corrected chi connectivity index (χ1v) is 7.87. The van der Waals surface area contributed by atoms with Crippen LogP contribution in [-0.2, 0) is 4.79 Å². The van der Waals surface area contributed by atoms with Crippen molar-refractivity contribution >= 4 is 11.8 Å². The van der Waals surface area contributed by atoms with Crippen LogP contribution >= 0.6 is 0 Å². The van der Waals surface area contributed by atoms with Crippen LogP contribution in [0.3, 0.4) is 0 Å². The number of benzene rings is 1. The molecule has 0 unspecified atom stereocenters. The summed E-state index contributed by atoms with van der Waals surface area (Å²) in [6.07, 6.45) is 0.374. The molecular weight excluding hydrogens is 292 g/mol. The Morgan fingerprint density at radius 1 is 1.22 bits per heavy atom. The summed E-state index contributed by atoms with van der Waals surface area (Å²) in [6, 6.07) is 11.5. The van der Waals surface area contributed by atoms with E-state index in [4.69, 9.17) is 0 Å². The highest BCUT2D eigenvalue weighted by molar-refractivity contribution is 5.94. The summed E-state index contributed by atoms with van der Waals surface area (Å²) in [7, 11) is 0. The molecule has 120 valence electrons. The predicted molar refractivity (Wildman–Crippen MR) is 86.8 cm³/mol. The van der Waals surface area contributed by atoms with E-state index in [1.54, 1.807) is 15.9 Å². The largest absolute Gasteiger partial charge is 0.341 e. The number of nitrogens with one attached hydrogen (secondary N) is 1. The van der Waals surface area contributed by atoms with Crippen LogP contribution in [0.5, 0.6) is 0 Å². The molecule has 1 aromatic heterocycles. The van der Waals surface area contributed by atoms with Crippen molar-refractivity contribution in [2.24, 2.45) is 0 Å². The Morgan fingerprint density at radius 3 is 2.74 bits per heavy atom. The summed E-state index contributed by atoms with van der Waals surface area (Å²) in [4.78, 5) is 28.0. The molecule has 2 amide bonds. The Bertz CT molecular complexity index is 696. The lowest BCUT2D eigenvalue weighted by atomic mass is 10.1. The number of aromatic nitrogens is 2. The molecule has 2 heterocycles. The fourth-order valence-corrected chi connectivity index (χ4v) is 2.76. The van der Waals surface area contributed by atoms with Crippen molar-refractivity contribution in [2.75, 3.05) is 26.2 Å². The molecule has 1 aromatic carbocycles. The van der Waals surface area contributed by atoms with Gasteiger partial charge in [0.1, 0.15) is 5.69 Å². The maximum Gasteiger partial charge on any atom is 0.271 e. The molecule has 3 rings (SSSR count). The molecule has 0 atom stereocenters. The molecule has 0 radical (unpaired) electrons. The van der Waals surface area contributed by atoms with E-state index in [2.05, 4.69) is 10.2 Å². The van der Waals surface area contributed by atoms with Crippen molar-refractivity contribution < 1.29 is 9.59 Å². The van der Waals surface area contributed by atoms with E-state index >= 15 is 0 Å². The number of hydrogen-bond acceptors (Lipinski definition) is 3. The fourth-order valence-electron chi connectivity index (χ4n) is 2.76. The van der Waals surface area contributed by atoms with E-state index in [1.807, 2.05) is 37.3 Å². The quantitative estimate of drug-likeness (QED) is 0.939. The van der Waals surface area contributed by atoms with Crippen LogP contribution in [0.4, 0.5) is 0 Å². The van der Waals surface area contributed by atoms with Gasteiger partial charge in [-0.2, -0.15) is 5.10 Å². The standard InChI is InChI=1S/C17H20N4O2/c1-2-20-10-11-21(9-8-16(20)22)17(23)15-12-14(18-19-15)13-6-4-3-5-7-13/h3-7,12H,2,8-11H2,1H3,(H,18,19). The fraction of sp³-hybridized carbons (Fsp3) is 0.353. The number of carbonyl (C=O) groups excluding carboxylic acids is 2. The maximum absolute atomic E-state index is 12.6. The number of nitrogens with zero attached hydrogens (tertiary/aromatic N) is 3. The van der Waals surface area contributed by atoms with Gasteiger partial charge in [0.05, 0.1) is 5.69 Å². The summed E-state index contributed by atoms with van der Waals surface area (Å²) in [5.74, 6) is 0.00261. The molecular formula is C17H20N4O2. The lowest BCUT2D eigenvalue weighted by molar-refractivity contribution is -0.130. The van der Waals surface area contributed by atoms with Gasteiger partial charge in [0.25, 0.3) is 5.91 Å². The lowest BCUT2D eigenvalue weighted by Gasteiger charge is -2.20. The van der Waals surface area contributed by atoms with Gasteiger partial charge in [0, 0.05) is 38.2 Å². The Hall–Kier alpha value is -2.63. The normalized spacial score (nSPS) is 15.6. The Kier molecular flexibility index (Phi) is 4.41. The predicted octanol–water partition coefficient (Wildman–Crippen LogP) is 1.77. The van der Waals surface area contributed by atoms with Gasteiger partial charge in [-0.15, -0.1) is 0 Å². The second-order valence-electron chi connectivity index (χ2n) is 5.55. The molecule has 1 saturated heterocycles. The molecule has 2 aromatic rings. The second kappa shape index (κ2) is 6.64. The van der Waals surface area contributed by atoms with E-state index < -0.39 is 0 Å². The van der Waals surface area contributed by atoms with Gasteiger partial charge in [0.15, 0.2) is 0 Å². The minimum atomic E-state index is -0.106. The summed E-state index contributed by atoms with van der Waals surface area (Å²) in [6.45, 7) is 4.23. The van der Waals surface area contributed by atoms with Crippen LogP contribution < -0.4 is 0 Å². The van der Waals surface area contributed by atoms with Crippen LogP contribution in [0.15, 0.2) is 36.4 Å². The van der Waals surface area contributed by atoms with Crippen LogP contribution in [0, 0.1) is 0 Å². The average Bonchev–Trinajstić information content (AvgIpc) is 3.00. The minimum Gasteiger partial charge on any atom is -0.341 e. The first-order chi connectivity index (χ1) is 11.2. The van der Waals surface area contributed by atoms with Crippen molar-refractivity contribution in [1.82, 2.24) is 20.0 Å². The molecule has 6 heteroatoms. The van der Waals surface area contributed by atoms with Crippen molar-refractivity contribution in [2.45, 2.75) is 13.3 Å².